The molecule has 1 aromatic carbocycles. The van der Waals surface area contributed by atoms with E-state index >= 15 is 0 Å². The number of nitrogens with zero attached hydrogens (tertiary/aromatic N) is 2. The Hall–Kier alpha value is -1.68. The van der Waals surface area contributed by atoms with Gasteiger partial charge in [0.25, 0.3) is 0 Å². The molecule has 3 nitrogen and oxygen atoms in total. The summed E-state index contributed by atoms with van der Waals surface area (Å²) in [5, 5.41) is 2.22. The number of ether oxygens (including phenoxy) is 1. The van der Waals surface area contributed by atoms with Gasteiger partial charge >= 0.3 is 0 Å². The Kier molecular flexibility index (Phi) is 7.81. The maximum Gasteiger partial charge on any atom is 0.128 e. The zero-order chi connectivity index (χ0) is 16.3. The first-order valence-electron chi connectivity index (χ1n) is 8.39. The number of benzene rings is 1. The van der Waals surface area contributed by atoms with Crippen LogP contribution in [0.3, 0.4) is 0 Å². The molecule has 23 heavy (non-hydrogen) atoms. The Bertz CT molecular complexity index is 593. The highest BCUT2D eigenvalue weighted by Gasteiger charge is 2.10. The van der Waals surface area contributed by atoms with Crippen LogP contribution in [0.1, 0.15) is 45.1 Å². The Balaban J connectivity index is 2.24. The van der Waals surface area contributed by atoms with Gasteiger partial charge < -0.3 is 9.30 Å². The predicted octanol–water partition coefficient (Wildman–Crippen LogP) is 5.44. The van der Waals surface area contributed by atoms with E-state index in [-0.39, 0.29) is 0 Å². The second kappa shape index (κ2) is 10.2. The molecule has 0 amide bonds. The van der Waals surface area contributed by atoms with Crippen molar-refractivity contribution in [3.8, 4) is 5.75 Å². The van der Waals surface area contributed by atoms with Crippen LogP contribution in [-0.4, -0.2) is 21.9 Å². The van der Waals surface area contributed by atoms with Crippen LogP contribution in [0.4, 0.5) is 0 Å². The average molecular weight is 330 g/mol. The topological polar surface area (TPSA) is 27.1 Å². The average Bonchev–Trinajstić information content (AvgIpc) is 3.10. The summed E-state index contributed by atoms with van der Waals surface area (Å²) in [5.41, 5.74) is 2.24. The Labute approximate surface area is 143 Å². The van der Waals surface area contributed by atoms with Crippen LogP contribution in [0, 0.1) is 0 Å². The molecule has 0 atom stereocenters. The van der Waals surface area contributed by atoms with Gasteiger partial charge in [0.1, 0.15) is 5.75 Å². The highest BCUT2D eigenvalue weighted by Crippen LogP contribution is 2.29. The highest BCUT2D eigenvalue weighted by atomic mass is 32.2. The van der Waals surface area contributed by atoms with Crippen molar-refractivity contribution in [2.24, 2.45) is 0 Å². The predicted molar refractivity (Wildman–Crippen MR) is 99.8 cm³/mol. The minimum Gasteiger partial charge on any atom is -0.493 e. The van der Waals surface area contributed by atoms with Gasteiger partial charge in [-0.25, -0.2) is 4.98 Å². The molecule has 4 heteroatoms. The molecular formula is C19H26N2OS. The van der Waals surface area contributed by atoms with Crippen molar-refractivity contribution in [3.05, 3.63) is 54.0 Å². The molecule has 1 heterocycles. The maximum atomic E-state index is 6.00. The monoisotopic (exact) mass is 330 g/mol. The second-order valence-corrected chi connectivity index (χ2v) is 6.37. The van der Waals surface area contributed by atoms with Crippen molar-refractivity contribution in [1.82, 2.24) is 9.55 Å². The molecule has 0 N–H and O–H groups in total. The minimum absolute atomic E-state index is 0.758. The van der Waals surface area contributed by atoms with Crippen LogP contribution in [0.15, 0.2) is 48.4 Å². The number of hydrogen-bond donors (Lipinski definition) is 0. The van der Waals surface area contributed by atoms with Crippen LogP contribution in [0.2, 0.25) is 0 Å². The van der Waals surface area contributed by atoms with Crippen molar-refractivity contribution in [1.29, 1.82) is 0 Å². The van der Waals surface area contributed by atoms with E-state index in [1.807, 2.05) is 42.6 Å². The van der Waals surface area contributed by atoms with Gasteiger partial charge in [0.15, 0.2) is 0 Å². The summed E-state index contributed by atoms with van der Waals surface area (Å²) in [5.74, 6) is 2.07. The summed E-state index contributed by atoms with van der Waals surface area (Å²) in [6.45, 7) is 5.15. The standard InChI is InChI=1S/C19H26N2OS/c1-3-5-13-22-19-10-8-7-9-17(19)18(15-23-14-6-4-2)21-12-11-20-16-21/h7-12,15-16H,3-6,13-14H2,1-2H3/b18-15+. The number of imidazole rings is 1. The molecule has 0 radical (unpaired) electrons. The third kappa shape index (κ3) is 5.47. The lowest BCUT2D eigenvalue weighted by atomic mass is 10.1. The first-order chi connectivity index (χ1) is 11.4. The Morgan fingerprint density at radius 2 is 2.04 bits per heavy atom. The summed E-state index contributed by atoms with van der Waals surface area (Å²) in [6, 6.07) is 8.25. The van der Waals surface area contributed by atoms with E-state index < -0.39 is 0 Å². The molecule has 1 aromatic heterocycles. The van der Waals surface area contributed by atoms with Crippen molar-refractivity contribution >= 4 is 17.5 Å². The van der Waals surface area contributed by atoms with Gasteiger partial charge in [-0.15, -0.1) is 11.8 Å². The first-order valence-corrected chi connectivity index (χ1v) is 9.44. The summed E-state index contributed by atoms with van der Waals surface area (Å²) < 4.78 is 8.06. The second-order valence-electron chi connectivity index (χ2n) is 5.40. The van der Waals surface area contributed by atoms with Gasteiger partial charge in [0.05, 0.1) is 18.6 Å². The summed E-state index contributed by atoms with van der Waals surface area (Å²) in [6.07, 6.45) is 10.3. The number of unbranched alkanes of at least 4 members (excludes halogenated alkanes) is 2. The third-order valence-electron chi connectivity index (χ3n) is 3.51. The normalized spacial score (nSPS) is 11.7. The zero-order valence-corrected chi connectivity index (χ0v) is 14.9. The van der Waals surface area contributed by atoms with E-state index in [4.69, 9.17) is 4.74 Å². The van der Waals surface area contributed by atoms with Crippen LogP contribution in [-0.2, 0) is 0 Å². The van der Waals surface area contributed by atoms with E-state index in [0.717, 1.165) is 42.2 Å². The highest BCUT2D eigenvalue weighted by molar-refractivity contribution is 8.02. The first kappa shape index (κ1) is 17.7. The minimum atomic E-state index is 0.758. The van der Waals surface area contributed by atoms with Crippen LogP contribution in [0.25, 0.3) is 5.70 Å². The van der Waals surface area contributed by atoms with Gasteiger partial charge in [0.2, 0.25) is 0 Å². The molecule has 2 rings (SSSR count). The van der Waals surface area contributed by atoms with E-state index in [9.17, 15) is 0 Å². The van der Waals surface area contributed by atoms with Crippen molar-refractivity contribution in [3.63, 3.8) is 0 Å². The largest absolute Gasteiger partial charge is 0.493 e. The van der Waals surface area contributed by atoms with Crippen LogP contribution >= 0.6 is 11.8 Å². The fourth-order valence-electron chi connectivity index (χ4n) is 2.16. The Morgan fingerprint density at radius 1 is 1.22 bits per heavy atom. The van der Waals surface area contributed by atoms with Crippen LogP contribution in [0.5, 0.6) is 5.75 Å². The molecule has 0 unspecified atom stereocenters. The Morgan fingerprint density at radius 3 is 2.78 bits per heavy atom. The quantitative estimate of drug-likeness (QED) is 0.543. The molecule has 0 spiro atoms. The fraction of sp³-hybridized carbons (Fsp3) is 0.421. The molecule has 0 fully saturated rings. The SMILES string of the molecule is CCCCOc1ccccc1/C(=C\SCCCC)n1ccnc1. The third-order valence-corrected chi connectivity index (χ3v) is 4.43. The van der Waals surface area contributed by atoms with E-state index in [0.29, 0.717) is 0 Å². The summed E-state index contributed by atoms with van der Waals surface area (Å²) >= 11 is 1.85. The molecule has 0 aliphatic carbocycles. The van der Waals surface area contributed by atoms with Crippen molar-refractivity contribution in [2.75, 3.05) is 12.4 Å². The fourth-order valence-corrected chi connectivity index (χ4v) is 3.14. The molecule has 0 saturated carbocycles. The van der Waals surface area contributed by atoms with Gasteiger partial charge in [-0.3, -0.25) is 0 Å². The van der Waals surface area contributed by atoms with Gasteiger partial charge in [-0.1, -0.05) is 38.8 Å². The maximum absolute atomic E-state index is 6.00. The zero-order valence-electron chi connectivity index (χ0n) is 14.1. The number of para-hydroxylation sites is 1. The molecule has 124 valence electrons. The van der Waals surface area contributed by atoms with E-state index in [1.165, 1.54) is 12.8 Å². The summed E-state index contributed by atoms with van der Waals surface area (Å²) in [7, 11) is 0. The molecule has 0 saturated heterocycles. The lowest BCUT2D eigenvalue weighted by Crippen LogP contribution is -2.02. The lowest BCUT2D eigenvalue weighted by Gasteiger charge is -2.15. The number of thioether (sulfide) groups is 1. The summed E-state index contributed by atoms with van der Waals surface area (Å²) in [4.78, 5) is 4.19. The van der Waals surface area contributed by atoms with E-state index in [1.54, 1.807) is 0 Å². The van der Waals surface area contributed by atoms with Crippen molar-refractivity contribution < 1.29 is 4.74 Å². The molecule has 0 aliphatic rings. The molecule has 0 aliphatic heterocycles. The van der Waals surface area contributed by atoms with Gasteiger partial charge in [-0.2, -0.15) is 0 Å². The number of rotatable bonds is 10. The molecular weight excluding hydrogens is 304 g/mol. The van der Waals surface area contributed by atoms with Gasteiger partial charge in [-0.05, 0) is 36.1 Å². The number of aromatic nitrogens is 2. The smallest absolute Gasteiger partial charge is 0.128 e. The number of hydrogen-bond acceptors (Lipinski definition) is 3. The lowest BCUT2D eigenvalue weighted by molar-refractivity contribution is 0.308. The van der Waals surface area contributed by atoms with Gasteiger partial charge in [0, 0.05) is 18.0 Å². The van der Waals surface area contributed by atoms with Crippen LogP contribution < -0.4 is 4.74 Å². The van der Waals surface area contributed by atoms with E-state index in [2.05, 4.69) is 40.9 Å². The molecule has 2 aromatic rings. The molecule has 0 bridgehead atoms. The van der Waals surface area contributed by atoms with Crippen molar-refractivity contribution in [2.45, 2.75) is 39.5 Å².